The highest BCUT2D eigenvalue weighted by Gasteiger charge is 2.25. The topological polar surface area (TPSA) is 148 Å². The molecule has 0 aliphatic carbocycles. The summed E-state index contributed by atoms with van der Waals surface area (Å²) in [6.07, 6.45) is 4.51. The summed E-state index contributed by atoms with van der Waals surface area (Å²) in [6.45, 7) is 72.4. The van der Waals surface area contributed by atoms with Crippen molar-refractivity contribution in [2.24, 2.45) is 41.4 Å². The van der Waals surface area contributed by atoms with E-state index in [0.29, 0.717) is 51.8 Å². The molecule has 4 saturated heterocycles. The lowest BCUT2D eigenvalue weighted by molar-refractivity contribution is -0.127. The molecule has 0 N–H and O–H groups in total. The van der Waals surface area contributed by atoms with Crippen molar-refractivity contribution in [2.45, 2.75) is 182 Å². The van der Waals surface area contributed by atoms with Crippen LogP contribution in [0.1, 0.15) is 158 Å². The molecule has 0 amide bonds. The van der Waals surface area contributed by atoms with Crippen LogP contribution < -0.4 is 0 Å². The highest BCUT2D eigenvalue weighted by atomic mass is 16.5. The fourth-order valence-corrected chi connectivity index (χ4v) is 9.86. The molecule has 0 aromatic rings. The average molecular weight is 1260 g/mol. The average Bonchev–Trinajstić information content (AvgIpc) is 3.62. The zero-order valence-electron chi connectivity index (χ0n) is 60.9. The van der Waals surface area contributed by atoms with Crippen molar-refractivity contribution in [3.8, 4) is 0 Å². The number of likely N-dealkylation sites (tertiary alicyclic amines) is 1. The molecule has 4 rings (SSSR count). The molecular formula is C70H143N7O11. The van der Waals surface area contributed by atoms with Crippen LogP contribution in [-0.4, -0.2) is 293 Å². The highest BCUT2D eigenvalue weighted by molar-refractivity contribution is 5.82. The molecule has 0 atom stereocenters. The zero-order valence-corrected chi connectivity index (χ0v) is 60.9. The van der Waals surface area contributed by atoms with Crippen molar-refractivity contribution >= 4 is 17.3 Å². The first-order valence-electron chi connectivity index (χ1n) is 35.1. The molecule has 0 aromatic carbocycles. The van der Waals surface area contributed by atoms with E-state index in [0.717, 1.165) is 122 Å². The maximum Gasteiger partial charge on any atom is 0.160 e. The third-order valence-corrected chi connectivity index (χ3v) is 15.9. The van der Waals surface area contributed by atoms with Crippen LogP contribution in [0.25, 0.3) is 0 Å². The Kier molecular flexibility index (Phi) is 53.8. The van der Waals surface area contributed by atoms with Gasteiger partial charge in [-0.1, -0.05) is 83.1 Å². The van der Waals surface area contributed by atoms with E-state index in [2.05, 4.69) is 104 Å². The molecule has 4 heterocycles. The lowest BCUT2D eigenvalue weighted by Crippen LogP contribution is -2.50. The van der Waals surface area contributed by atoms with Crippen LogP contribution in [0.4, 0.5) is 0 Å². The number of carbonyl (C=O) groups excluding carboxylic acids is 3. The van der Waals surface area contributed by atoms with Gasteiger partial charge in [-0.2, -0.15) is 0 Å². The van der Waals surface area contributed by atoms with E-state index in [-0.39, 0.29) is 61.0 Å². The van der Waals surface area contributed by atoms with E-state index in [9.17, 15) is 14.4 Å². The number of ether oxygens (including phenoxy) is 8. The second-order valence-electron chi connectivity index (χ2n) is 28.0. The Morgan fingerprint density at radius 1 is 0.330 bits per heavy atom. The Labute approximate surface area is 542 Å². The molecule has 18 nitrogen and oxygen atoms in total. The van der Waals surface area contributed by atoms with Gasteiger partial charge in [0.25, 0.3) is 0 Å². The van der Waals surface area contributed by atoms with Crippen LogP contribution in [0.5, 0.6) is 0 Å². The molecular weight excluding hydrogens is 1110 g/mol. The summed E-state index contributed by atoms with van der Waals surface area (Å²) in [7, 11) is 0. The summed E-state index contributed by atoms with van der Waals surface area (Å²) in [5.41, 5.74) is 0. The van der Waals surface area contributed by atoms with Gasteiger partial charge in [-0.25, -0.2) is 0 Å². The van der Waals surface area contributed by atoms with E-state index in [1.54, 1.807) is 0 Å². The fraction of sp³-hybridized carbons (Fsp3) is 0.957. The number of piperazine rings is 3. The number of Topliss-reactive ketones (excluding diaryl/α,β-unsaturated/α-hetero) is 3. The Balaban J connectivity index is 0.00000110. The molecule has 4 aliphatic rings. The first-order valence-corrected chi connectivity index (χ1v) is 35.1. The van der Waals surface area contributed by atoms with Crippen LogP contribution in [0.3, 0.4) is 0 Å². The molecule has 0 spiro atoms. The molecule has 524 valence electrons. The number of hydrogen-bond acceptors (Lipinski definition) is 18. The molecule has 0 radical (unpaired) electrons. The van der Waals surface area contributed by atoms with Crippen molar-refractivity contribution in [1.29, 1.82) is 0 Å². The second kappa shape index (κ2) is 54.8. The van der Waals surface area contributed by atoms with Gasteiger partial charge in [-0.3, -0.25) is 34.0 Å². The van der Waals surface area contributed by atoms with Gasteiger partial charge < -0.3 is 52.6 Å². The van der Waals surface area contributed by atoms with Crippen molar-refractivity contribution in [2.75, 3.05) is 217 Å². The lowest BCUT2D eigenvalue weighted by Gasteiger charge is -2.40. The lowest BCUT2D eigenvalue weighted by atomic mass is 9.95. The van der Waals surface area contributed by atoms with Gasteiger partial charge in [0.1, 0.15) is 19.8 Å². The molecule has 88 heavy (non-hydrogen) atoms. The number of carbonyl (C=O) groups is 3. The van der Waals surface area contributed by atoms with Crippen LogP contribution in [0, 0.1) is 41.4 Å². The van der Waals surface area contributed by atoms with Crippen molar-refractivity contribution in [3.63, 3.8) is 0 Å². The highest BCUT2D eigenvalue weighted by Crippen LogP contribution is 2.20. The standard InChI is InChI=1S/C17H35N3.C17H34N2O3.C16H32N2O3.C10H20O3.C10H22O2/c1-15(2)13-18-7-5-17(6-8-18)14-19-9-11-20(12-10-19)16(3)4;1-15(2)13-19-7-5-18(6-8-19)9-10-21-11-12-22-14-17(20)16(3)4;1-14(2)16(19)13-21-12-11-20-10-9-17-5-7-18(8-6-17)15(3)4;1-8(2)10(11)7-12-5-6-13-9(3)4;1-9(2)5-6-11-7-8-12-10(3)4/h15-17H,5-14H2,1-4H3;15-16H,5-14H2,1-4H3;14-15H,5-13H2,1-4H3;8-9H,5-7H2,1-4H3;9-10H,5-8H2,1-4H3. The summed E-state index contributed by atoms with van der Waals surface area (Å²) < 4.78 is 42.8. The quantitative estimate of drug-likeness (QED) is 0.0536. The van der Waals surface area contributed by atoms with Gasteiger partial charge in [-0.05, 0) is 111 Å². The van der Waals surface area contributed by atoms with Crippen LogP contribution in [0.2, 0.25) is 0 Å². The third kappa shape index (κ3) is 50.9. The zero-order chi connectivity index (χ0) is 66.2. The SMILES string of the molecule is CC(C)C(=O)COCCOCCN1CCN(C(C)C)CC1.CC(C)CCOCCOC(C)C.CC(C)CN1CCC(CN2CCN(C(C)C)CC2)CC1.CC(C)CN1CCN(CCOCCOCC(=O)C(C)C)CC1.CC(C)OCCOCC(=O)C(C)C. The minimum atomic E-state index is 0.0512. The molecule has 18 heteroatoms. The van der Waals surface area contributed by atoms with Crippen molar-refractivity contribution in [1.82, 2.24) is 34.3 Å². The third-order valence-electron chi connectivity index (χ3n) is 15.9. The fourth-order valence-electron chi connectivity index (χ4n) is 9.86. The Hall–Kier alpha value is -1.59. The predicted molar refractivity (Wildman–Crippen MR) is 364 cm³/mol. The number of hydrogen-bond donors (Lipinski definition) is 0. The van der Waals surface area contributed by atoms with Crippen LogP contribution in [-0.2, 0) is 52.3 Å². The van der Waals surface area contributed by atoms with Crippen molar-refractivity contribution < 1.29 is 52.3 Å². The first kappa shape index (κ1) is 86.4. The second-order valence-corrected chi connectivity index (χ2v) is 28.0. The predicted octanol–water partition coefficient (Wildman–Crippen LogP) is 9.30. The van der Waals surface area contributed by atoms with E-state index in [1.807, 2.05) is 69.2 Å². The maximum atomic E-state index is 11.4. The van der Waals surface area contributed by atoms with Crippen LogP contribution in [0.15, 0.2) is 0 Å². The Morgan fingerprint density at radius 2 is 0.636 bits per heavy atom. The maximum absolute atomic E-state index is 11.4. The number of ketones is 3. The van der Waals surface area contributed by atoms with E-state index in [1.165, 1.54) is 84.8 Å². The largest absolute Gasteiger partial charge is 0.379 e. The number of rotatable bonds is 40. The minimum Gasteiger partial charge on any atom is -0.379 e. The summed E-state index contributed by atoms with van der Waals surface area (Å²) >= 11 is 0. The normalized spacial score (nSPS) is 17.5. The van der Waals surface area contributed by atoms with E-state index >= 15 is 0 Å². The molecule has 0 bridgehead atoms. The summed E-state index contributed by atoms with van der Waals surface area (Å²) in [5, 5.41) is 0. The van der Waals surface area contributed by atoms with Gasteiger partial charge in [0.2, 0.25) is 0 Å². The van der Waals surface area contributed by atoms with E-state index < -0.39 is 0 Å². The van der Waals surface area contributed by atoms with E-state index in [4.69, 9.17) is 37.9 Å². The van der Waals surface area contributed by atoms with Gasteiger partial charge in [0, 0.05) is 148 Å². The number of nitrogens with zero attached hydrogens (tertiary/aromatic N) is 7. The van der Waals surface area contributed by atoms with Crippen molar-refractivity contribution in [3.05, 3.63) is 0 Å². The smallest absolute Gasteiger partial charge is 0.160 e. The molecule has 4 fully saturated rings. The monoisotopic (exact) mass is 1260 g/mol. The molecule has 0 saturated carbocycles. The number of piperidine rings is 1. The van der Waals surface area contributed by atoms with Gasteiger partial charge in [0.15, 0.2) is 17.3 Å². The summed E-state index contributed by atoms with van der Waals surface area (Å²) in [4.78, 5) is 51.7. The Bertz CT molecular complexity index is 1600. The Morgan fingerprint density at radius 3 is 0.977 bits per heavy atom. The van der Waals surface area contributed by atoms with Crippen LogP contribution >= 0.6 is 0 Å². The minimum absolute atomic E-state index is 0.0512. The van der Waals surface area contributed by atoms with Gasteiger partial charge in [-0.15, -0.1) is 0 Å². The molecule has 4 aliphatic heterocycles. The molecule has 0 aromatic heterocycles. The molecule has 0 unspecified atom stereocenters. The van der Waals surface area contributed by atoms with Gasteiger partial charge >= 0.3 is 0 Å². The summed E-state index contributed by atoms with van der Waals surface area (Å²) in [6, 6.07) is 1.37. The first-order chi connectivity index (χ1) is 41.7. The van der Waals surface area contributed by atoms with Gasteiger partial charge in [0.05, 0.1) is 78.3 Å². The summed E-state index contributed by atoms with van der Waals surface area (Å²) in [5.74, 6) is 3.85.